The van der Waals surface area contributed by atoms with Gasteiger partial charge >= 0.3 is 0 Å². The smallest absolute Gasteiger partial charge is 0.119 e. The Hall–Kier alpha value is -1.14. The van der Waals surface area contributed by atoms with Crippen LogP contribution in [0.4, 0.5) is 0 Å². The lowest BCUT2D eigenvalue weighted by atomic mass is 10.1. The third-order valence-corrected chi connectivity index (χ3v) is 4.25. The first kappa shape index (κ1) is 24.9. The Morgan fingerprint density at radius 2 is 0.964 bits per heavy atom. The molecule has 0 aliphatic rings. The Balaban J connectivity index is 1.67. The molecule has 1 aromatic rings. The number of benzene rings is 1. The lowest BCUT2D eigenvalue weighted by Gasteiger charge is -2.08. The van der Waals surface area contributed by atoms with Gasteiger partial charge in [-0.2, -0.15) is 0 Å². The molecule has 0 aliphatic heterocycles. The summed E-state index contributed by atoms with van der Waals surface area (Å²) in [6.07, 6.45) is 9.19. The molecule has 162 valence electrons. The molecule has 5 nitrogen and oxygen atoms in total. The van der Waals surface area contributed by atoms with E-state index in [-0.39, 0.29) is 0 Å². The monoisotopic (exact) mass is 396 g/mol. The Kier molecular flexibility index (Phi) is 18.3. The predicted molar refractivity (Wildman–Crippen MR) is 113 cm³/mol. The summed E-state index contributed by atoms with van der Waals surface area (Å²) in [6, 6.07) is 9.74. The van der Waals surface area contributed by atoms with Crippen LogP contribution in [-0.4, -0.2) is 59.5 Å². The molecule has 1 rings (SSSR count). The molecule has 0 fully saturated rings. The maximum Gasteiger partial charge on any atom is 0.119 e. The van der Waals surface area contributed by atoms with Crippen molar-refractivity contribution in [1.82, 2.24) is 0 Å². The van der Waals surface area contributed by atoms with Gasteiger partial charge in [0.05, 0.1) is 46.2 Å². The summed E-state index contributed by atoms with van der Waals surface area (Å²) in [5.74, 6) is 0.867. The second-order valence-electron chi connectivity index (χ2n) is 6.73. The molecule has 5 heteroatoms. The van der Waals surface area contributed by atoms with Crippen LogP contribution in [0.15, 0.2) is 30.3 Å². The molecule has 0 aromatic heterocycles. The van der Waals surface area contributed by atoms with Gasteiger partial charge in [0.25, 0.3) is 0 Å². The predicted octanol–water partition coefficient (Wildman–Crippen LogP) is 4.88. The summed E-state index contributed by atoms with van der Waals surface area (Å²) in [5, 5.41) is 0. The first-order valence-electron chi connectivity index (χ1n) is 10.9. The molecule has 0 aliphatic carbocycles. The van der Waals surface area contributed by atoms with Crippen molar-refractivity contribution in [2.24, 2.45) is 0 Å². The molecule has 0 bridgehead atoms. The van der Waals surface area contributed by atoms with Crippen molar-refractivity contribution < 1.29 is 23.7 Å². The Labute approximate surface area is 171 Å². The maximum atomic E-state index is 5.58. The summed E-state index contributed by atoms with van der Waals surface area (Å²) < 4.78 is 27.5. The van der Waals surface area contributed by atoms with E-state index in [2.05, 4.69) is 6.92 Å². The molecular weight excluding hydrogens is 356 g/mol. The van der Waals surface area contributed by atoms with Crippen LogP contribution >= 0.6 is 0 Å². The highest BCUT2D eigenvalue weighted by atomic mass is 16.6. The molecule has 28 heavy (non-hydrogen) atoms. The first-order chi connectivity index (χ1) is 13.9. The van der Waals surface area contributed by atoms with Crippen molar-refractivity contribution in [1.29, 1.82) is 0 Å². The molecule has 0 N–H and O–H groups in total. The fourth-order valence-corrected chi connectivity index (χ4v) is 2.66. The average Bonchev–Trinajstić information content (AvgIpc) is 2.73. The highest BCUT2D eigenvalue weighted by Crippen LogP contribution is 2.08. The summed E-state index contributed by atoms with van der Waals surface area (Å²) in [7, 11) is 0. The van der Waals surface area contributed by atoms with E-state index in [4.69, 9.17) is 23.7 Å². The van der Waals surface area contributed by atoms with Crippen molar-refractivity contribution in [2.45, 2.75) is 51.9 Å². The van der Waals surface area contributed by atoms with Crippen molar-refractivity contribution in [3.63, 3.8) is 0 Å². The van der Waals surface area contributed by atoms with Crippen molar-refractivity contribution in [2.75, 3.05) is 59.5 Å². The van der Waals surface area contributed by atoms with Crippen LogP contribution in [0.3, 0.4) is 0 Å². The first-order valence-corrected chi connectivity index (χ1v) is 10.9. The number of unbranched alkanes of at least 4 members (excludes halogenated alkanes) is 6. The fourth-order valence-electron chi connectivity index (χ4n) is 2.66. The number of para-hydroxylation sites is 1. The van der Waals surface area contributed by atoms with Gasteiger partial charge in [-0.25, -0.2) is 0 Å². The van der Waals surface area contributed by atoms with Crippen molar-refractivity contribution in [3.8, 4) is 5.75 Å². The molecule has 0 saturated heterocycles. The van der Waals surface area contributed by atoms with Gasteiger partial charge in [0.2, 0.25) is 0 Å². The van der Waals surface area contributed by atoms with Crippen LogP contribution in [0.2, 0.25) is 0 Å². The van der Waals surface area contributed by atoms with Crippen molar-refractivity contribution in [3.05, 3.63) is 30.3 Å². The molecular formula is C23H40O5. The third kappa shape index (κ3) is 17.0. The van der Waals surface area contributed by atoms with E-state index in [0.717, 1.165) is 18.8 Å². The van der Waals surface area contributed by atoms with E-state index < -0.39 is 0 Å². The van der Waals surface area contributed by atoms with E-state index in [1.54, 1.807) is 0 Å². The normalized spacial score (nSPS) is 11.0. The van der Waals surface area contributed by atoms with Crippen LogP contribution in [-0.2, 0) is 18.9 Å². The van der Waals surface area contributed by atoms with Gasteiger partial charge in [-0.1, -0.05) is 63.6 Å². The van der Waals surface area contributed by atoms with Gasteiger partial charge in [0.1, 0.15) is 12.4 Å². The van der Waals surface area contributed by atoms with Crippen LogP contribution in [0.1, 0.15) is 51.9 Å². The SMILES string of the molecule is CCCCCCCCCOCCOCCOCCOCCOc1ccccc1. The molecule has 0 heterocycles. The van der Waals surface area contributed by atoms with Gasteiger partial charge in [-0.3, -0.25) is 0 Å². The maximum absolute atomic E-state index is 5.58. The Morgan fingerprint density at radius 3 is 1.54 bits per heavy atom. The number of ether oxygens (including phenoxy) is 5. The van der Waals surface area contributed by atoms with E-state index >= 15 is 0 Å². The number of hydrogen-bond acceptors (Lipinski definition) is 5. The summed E-state index contributed by atoms with van der Waals surface area (Å²) >= 11 is 0. The van der Waals surface area contributed by atoms with Gasteiger partial charge in [-0.05, 0) is 18.6 Å². The van der Waals surface area contributed by atoms with Gasteiger partial charge in [-0.15, -0.1) is 0 Å². The molecule has 0 atom stereocenters. The second-order valence-corrected chi connectivity index (χ2v) is 6.73. The van der Waals surface area contributed by atoms with E-state index in [0.29, 0.717) is 52.9 Å². The lowest BCUT2D eigenvalue weighted by Crippen LogP contribution is -2.13. The Morgan fingerprint density at radius 1 is 0.500 bits per heavy atom. The summed E-state index contributed by atoms with van der Waals surface area (Å²) in [6.45, 7) is 7.83. The quantitative estimate of drug-likeness (QED) is 0.277. The van der Waals surface area contributed by atoms with E-state index in [9.17, 15) is 0 Å². The molecule has 0 radical (unpaired) electrons. The highest BCUT2D eigenvalue weighted by molar-refractivity contribution is 5.20. The van der Waals surface area contributed by atoms with E-state index in [1.165, 1.54) is 38.5 Å². The topological polar surface area (TPSA) is 46.2 Å². The largest absolute Gasteiger partial charge is 0.491 e. The number of hydrogen-bond donors (Lipinski definition) is 0. The summed E-state index contributed by atoms with van der Waals surface area (Å²) in [4.78, 5) is 0. The van der Waals surface area contributed by atoms with Gasteiger partial charge in [0, 0.05) is 6.61 Å². The molecule has 0 unspecified atom stereocenters. The fraction of sp³-hybridized carbons (Fsp3) is 0.739. The zero-order chi connectivity index (χ0) is 20.0. The zero-order valence-electron chi connectivity index (χ0n) is 17.7. The zero-order valence-corrected chi connectivity index (χ0v) is 17.7. The third-order valence-electron chi connectivity index (χ3n) is 4.25. The molecule has 0 saturated carbocycles. The standard InChI is InChI=1S/C23H40O5/c1-2-3-4-5-6-7-11-14-24-15-16-25-17-18-26-19-20-27-21-22-28-23-12-9-8-10-13-23/h8-10,12-13H,2-7,11,14-22H2,1H3. The average molecular weight is 397 g/mol. The second kappa shape index (κ2) is 20.6. The minimum Gasteiger partial charge on any atom is -0.491 e. The Bertz CT molecular complexity index is 413. The van der Waals surface area contributed by atoms with Gasteiger partial charge < -0.3 is 23.7 Å². The lowest BCUT2D eigenvalue weighted by molar-refractivity contribution is -0.00487. The minimum atomic E-state index is 0.548. The van der Waals surface area contributed by atoms with Crippen LogP contribution in [0.5, 0.6) is 5.75 Å². The number of rotatable bonds is 21. The molecule has 0 amide bonds. The molecule has 1 aromatic carbocycles. The minimum absolute atomic E-state index is 0.548. The van der Waals surface area contributed by atoms with Gasteiger partial charge in [0.15, 0.2) is 0 Å². The van der Waals surface area contributed by atoms with E-state index in [1.807, 2.05) is 30.3 Å². The van der Waals surface area contributed by atoms with Crippen LogP contribution < -0.4 is 4.74 Å². The van der Waals surface area contributed by atoms with Crippen molar-refractivity contribution >= 4 is 0 Å². The highest BCUT2D eigenvalue weighted by Gasteiger charge is 1.95. The summed E-state index contributed by atoms with van der Waals surface area (Å²) in [5.41, 5.74) is 0. The molecule has 0 spiro atoms. The van der Waals surface area contributed by atoms with Crippen LogP contribution in [0.25, 0.3) is 0 Å². The van der Waals surface area contributed by atoms with Crippen LogP contribution in [0, 0.1) is 0 Å².